The van der Waals surface area contributed by atoms with Crippen molar-refractivity contribution in [2.45, 2.75) is 0 Å². The van der Waals surface area contributed by atoms with E-state index < -0.39 is 29.3 Å². The van der Waals surface area contributed by atoms with Crippen molar-refractivity contribution in [1.29, 1.82) is 0 Å². The zero-order chi connectivity index (χ0) is 14.3. The van der Waals surface area contributed by atoms with Crippen LogP contribution in [0.15, 0.2) is 0 Å². The smallest absolute Gasteiger partial charge is 0.870 e. The molecule has 0 spiro atoms. The van der Waals surface area contributed by atoms with Crippen LogP contribution in [0.5, 0.6) is 0 Å². The van der Waals surface area contributed by atoms with E-state index in [1.54, 1.807) is 0 Å². The molecular weight excluding hydrogens is 297 g/mol. The Hall–Kier alpha value is 1.74. The molecule has 0 aliphatic heterocycles. The summed E-state index contributed by atoms with van der Waals surface area (Å²) in [6.07, 6.45) is 0. The molecule has 13 nitrogen and oxygen atoms in total. The van der Waals surface area contributed by atoms with Crippen LogP contribution in [-0.2, 0) is 0 Å². The molecule has 0 aliphatic carbocycles. The number of rotatable bonds is 0. The molecule has 0 bridgehead atoms. The molecule has 0 saturated heterocycles. The predicted octanol–water partition coefficient (Wildman–Crippen LogP) is -15.0. The normalized spacial score (nSPS) is 5.68. The molecule has 0 aromatic carbocycles. The van der Waals surface area contributed by atoms with Crippen LogP contribution in [0.2, 0.25) is 0 Å². The summed E-state index contributed by atoms with van der Waals surface area (Å²) in [7, 11) is -8.92. The van der Waals surface area contributed by atoms with Crippen LogP contribution >= 0.6 is 0 Å². The second-order valence-electron chi connectivity index (χ2n) is 1.37. The minimum absolute atomic E-state index is 0. The van der Waals surface area contributed by atoms with Crippen molar-refractivity contribution < 1.29 is 125 Å². The average molecular weight is 309 g/mol. The Balaban J connectivity index is -0.0000000192. The zero-order valence-electron chi connectivity index (χ0n) is 10.1. The Kier molecular flexibility index (Phi) is 82.7. The Labute approximate surface area is 153 Å². The summed E-state index contributed by atoms with van der Waals surface area (Å²) >= 11 is 0. The second-order valence-corrected chi connectivity index (χ2v) is 1.37. The summed E-state index contributed by atoms with van der Waals surface area (Å²) in [5.74, 6) is 0. The molecule has 0 saturated carbocycles. The summed E-state index contributed by atoms with van der Waals surface area (Å²) in [4.78, 5) is 0. The van der Waals surface area contributed by atoms with Crippen LogP contribution in [0.3, 0.4) is 0 Å². The van der Waals surface area contributed by atoms with Crippen molar-refractivity contribution in [2.24, 2.45) is 0 Å². The van der Waals surface area contributed by atoms with Gasteiger partial charge >= 0.3 is 88.4 Å². The van der Waals surface area contributed by atoms with Crippen molar-refractivity contribution in [3.05, 3.63) is 0 Å². The fraction of sp³-hybridized carbons (Fsp3) is 0. The van der Waals surface area contributed by atoms with Crippen LogP contribution in [0.1, 0.15) is 0 Å². The maximum Gasteiger partial charge on any atom is 1.00 e. The van der Waals surface area contributed by atoms with E-state index in [2.05, 4.69) is 0 Å². The van der Waals surface area contributed by atoms with Gasteiger partial charge in [-0.2, -0.15) is 0 Å². The van der Waals surface area contributed by atoms with Crippen LogP contribution in [0, 0.1) is 0 Å². The number of hydrogen-bond donors (Lipinski definition) is 11. The van der Waals surface area contributed by atoms with E-state index >= 15 is 0 Å². The van der Waals surface area contributed by atoms with Crippen LogP contribution in [-0.4, -0.2) is 90.0 Å². The molecule has 0 aromatic rings. The molecule has 0 unspecified atom stereocenters. The topological polar surface area (TPSA) is 276 Å². The van der Waals surface area contributed by atoms with Gasteiger partial charge in [0.15, 0.2) is 0 Å². The van der Waals surface area contributed by atoms with Gasteiger partial charge < -0.3 is 65.8 Å². The summed E-state index contributed by atoms with van der Waals surface area (Å²) < 4.78 is 0. The Bertz CT molecular complexity index is 65.6. The van der Waals surface area contributed by atoms with Gasteiger partial charge in [-0.05, 0) is 0 Å². The van der Waals surface area contributed by atoms with Crippen molar-refractivity contribution in [3.8, 4) is 0 Å². The summed E-state index contributed by atoms with van der Waals surface area (Å²) in [5.41, 5.74) is 0. The van der Waals surface area contributed by atoms with Gasteiger partial charge in [-0.1, -0.05) is 0 Å². The van der Waals surface area contributed by atoms with E-state index in [0.717, 1.165) is 0 Å². The molecule has 19 heavy (non-hydrogen) atoms. The van der Waals surface area contributed by atoms with Gasteiger partial charge in [0.1, 0.15) is 0 Å². The van der Waals surface area contributed by atoms with Crippen molar-refractivity contribution in [3.63, 3.8) is 0 Å². The van der Waals surface area contributed by atoms with Crippen molar-refractivity contribution in [2.75, 3.05) is 0 Å². The van der Waals surface area contributed by atoms with E-state index in [4.69, 9.17) is 60.3 Å². The van der Waals surface area contributed by atoms with Gasteiger partial charge in [-0.15, -0.1) is 0 Å². The van der Waals surface area contributed by atoms with Gasteiger partial charge in [0.25, 0.3) is 0 Å². The van der Waals surface area contributed by atoms with E-state index in [-0.39, 0.29) is 64.6 Å². The van der Waals surface area contributed by atoms with Gasteiger partial charge in [-0.25, -0.2) is 0 Å². The fourth-order valence-electron chi connectivity index (χ4n) is 0. The zero-order valence-corrected chi connectivity index (χ0v) is 14.1. The predicted molar refractivity (Wildman–Crippen MR) is 49.4 cm³/mol. The van der Waals surface area contributed by atoms with Crippen molar-refractivity contribution in [1.82, 2.24) is 0 Å². The fourth-order valence-corrected chi connectivity index (χ4v) is 0. The standard InChI is InChI=1S/3BH3O3.BH2O3.2Na.H2O/c4*2-1(3)4;;;/h3*2-4H;2-3H;;;1H2/q;;;-1;2*+1;/p-1. The molecular formula is H12B4Na2O13. The molecule has 0 heterocycles. The van der Waals surface area contributed by atoms with Crippen LogP contribution in [0.25, 0.3) is 0 Å². The molecule has 0 aliphatic rings. The third-order valence-corrected chi connectivity index (χ3v) is 0. The SMILES string of the molecule is OB(O)O.OB(O)O.OB(O)O.[Na+].[Na+].[O-]B(O)O.[OH-]. The molecule has 0 rings (SSSR count). The second kappa shape index (κ2) is 36.7. The largest absolute Gasteiger partial charge is 1.00 e. The first-order valence-electron chi connectivity index (χ1n) is 3.08. The third kappa shape index (κ3) is 2050. The third-order valence-electron chi connectivity index (χ3n) is 0. The Morgan fingerprint density at radius 2 is 0.474 bits per heavy atom. The maximum atomic E-state index is 8.64. The van der Waals surface area contributed by atoms with E-state index in [0.29, 0.717) is 0 Å². The van der Waals surface area contributed by atoms with E-state index in [1.165, 1.54) is 0 Å². The van der Waals surface area contributed by atoms with Crippen LogP contribution in [0.4, 0.5) is 0 Å². The van der Waals surface area contributed by atoms with Gasteiger partial charge in [0.05, 0.1) is 0 Å². The Morgan fingerprint density at radius 3 is 0.474 bits per heavy atom. The molecule has 0 radical (unpaired) electrons. The van der Waals surface area contributed by atoms with Gasteiger partial charge in [0, 0.05) is 0 Å². The minimum atomic E-state index is -2.42. The molecule has 0 amide bonds. The first-order chi connectivity index (χ1) is 6.93. The molecule has 0 atom stereocenters. The van der Waals surface area contributed by atoms with E-state index in [9.17, 15) is 0 Å². The minimum Gasteiger partial charge on any atom is -0.870 e. The number of hydrogen-bond acceptors (Lipinski definition) is 13. The molecule has 0 fully saturated rings. The summed E-state index contributed by atoms with van der Waals surface area (Å²) in [5, 5.41) is 87.2. The monoisotopic (exact) mass is 310 g/mol. The molecule has 12 N–H and O–H groups in total. The first-order valence-corrected chi connectivity index (χ1v) is 3.08. The molecule has 0 aromatic heterocycles. The van der Waals surface area contributed by atoms with Gasteiger partial charge in [-0.3, -0.25) is 0 Å². The molecule has 19 heteroatoms. The first kappa shape index (κ1) is 42.8. The average Bonchev–Trinajstić information content (AvgIpc) is 1.76. The quantitative estimate of drug-likeness (QED) is 0.185. The van der Waals surface area contributed by atoms with Crippen LogP contribution < -0.4 is 64.1 Å². The Morgan fingerprint density at radius 1 is 0.474 bits per heavy atom. The molecule has 104 valence electrons. The van der Waals surface area contributed by atoms with E-state index in [1.807, 2.05) is 0 Å². The maximum absolute atomic E-state index is 8.64. The summed E-state index contributed by atoms with van der Waals surface area (Å²) in [6.45, 7) is 0. The van der Waals surface area contributed by atoms with Crippen molar-refractivity contribution >= 4 is 29.3 Å². The summed E-state index contributed by atoms with van der Waals surface area (Å²) in [6, 6.07) is 0. The van der Waals surface area contributed by atoms with Gasteiger partial charge in [0.2, 0.25) is 0 Å².